The van der Waals surface area contributed by atoms with Gasteiger partial charge in [-0.2, -0.15) is 0 Å². The zero-order valence-corrected chi connectivity index (χ0v) is 13.0. The average molecular weight is 282 g/mol. The molecule has 1 unspecified atom stereocenters. The molecule has 1 aliphatic heterocycles. The number of ether oxygens (including phenoxy) is 3. The summed E-state index contributed by atoms with van der Waals surface area (Å²) in [6.45, 7) is 5.92. The van der Waals surface area contributed by atoms with Crippen molar-refractivity contribution in [3.05, 3.63) is 0 Å². The first-order valence-electron chi connectivity index (χ1n) is 8.57. The van der Waals surface area contributed by atoms with Crippen LogP contribution in [0.5, 0.6) is 0 Å². The predicted molar refractivity (Wildman–Crippen MR) is 78.6 cm³/mol. The summed E-state index contributed by atoms with van der Waals surface area (Å²) in [5.41, 5.74) is 1.35. The lowest BCUT2D eigenvalue weighted by atomic mass is 9.35. The first kappa shape index (κ1) is 14.8. The van der Waals surface area contributed by atoms with E-state index in [0.717, 1.165) is 51.1 Å². The Kier molecular flexibility index (Phi) is 4.68. The molecule has 3 heteroatoms. The van der Waals surface area contributed by atoms with Crippen LogP contribution in [0.15, 0.2) is 0 Å². The van der Waals surface area contributed by atoms with Gasteiger partial charge in [-0.3, -0.25) is 0 Å². The Labute approximate surface area is 123 Å². The van der Waals surface area contributed by atoms with E-state index < -0.39 is 0 Å². The van der Waals surface area contributed by atoms with E-state index >= 15 is 0 Å². The third-order valence-electron chi connectivity index (χ3n) is 5.53. The number of unbranched alkanes of at least 4 members (excludes halogenated alkanes) is 1. The molecule has 0 aromatic heterocycles. The van der Waals surface area contributed by atoms with E-state index in [4.69, 9.17) is 14.2 Å². The highest BCUT2D eigenvalue weighted by molar-refractivity contribution is 5.16. The number of hydrogen-bond acceptors (Lipinski definition) is 3. The predicted octanol–water partition coefficient (Wildman–Crippen LogP) is 3.91. The topological polar surface area (TPSA) is 27.7 Å². The summed E-state index contributed by atoms with van der Waals surface area (Å²) < 4.78 is 17.1. The Hall–Kier alpha value is -0.120. The van der Waals surface area contributed by atoms with Crippen molar-refractivity contribution in [2.45, 2.75) is 71.0 Å². The maximum atomic E-state index is 5.87. The van der Waals surface area contributed by atoms with E-state index in [1.807, 2.05) is 0 Å². The lowest BCUT2D eigenvalue weighted by Gasteiger charge is -2.71. The molecule has 116 valence electrons. The molecule has 4 rings (SSSR count). The van der Waals surface area contributed by atoms with E-state index in [9.17, 15) is 0 Å². The summed E-state index contributed by atoms with van der Waals surface area (Å²) in [5, 5.41) is 0. The van der Waals surface area contributed by atoms with Gasteiger partial charge < -0.3 is 14.2 Å². The van der Waals surface area contributed by atoms with Crippen LogP contribution in [0.2, 0.25) is 0 Å². The van der Waals surface area contributed by atoms with Crippen molar-refractivity contribution in [3.63, 3.8) is 0 Å². The Morgan fingerprint density at radius 1 is 1.05 bits per heavy atom. The molecule has 0 N–H and O–H groups in total. The van der Waals surface area contributed by atoms with Gasteiger partial charge in [0.25, 0.3) is 0 Å². The Bertz CT molecular complexity index is 290. The SMILES string of the molecule is CCC12CC(COCCCCOC3CCCCO3)(C1)C2. The third-order valence-corrected chi connectivity index (χ3v) is 5.53. The van der Waals surface area contributed by atoms with Crippen LogP contribution in [0.25, 0.3) is 0 Å². The molecule has 1 heterocycles. The fourth-order valence-corrected chi connectivity index (χ4v) is 4.41. The number of rotatable bonds is 9. The Morgan fingerprint density at radius 2 is 1.85 bits per heavy atom. The summed E-state index contributed by atoms with van der Waals surface area (Å²) in [6.07, 6.45) is 11.4. The van der Waals surface area contributed by atoms with Crippen LogP contribution in [-0.2, 0) is 14.2 Å². The van der Waals surface area contributed by atoms with Crippen LogP contribution in [0, 0.1) is 10.8 Å². The summed E-state index contributed by atoms with van der Waals surface area (Å²) in [4.78, 5) is 0. The highest BCUT2D eigenvalue weighted by Crippen LogP contribution is 2.74. The van der Waals surface area contributed by atoms with Crippen LogP contribution < -0.4 is 0 Å². The standard InChI is InChI=1S/C17H30O3/c1-2-16-11-17(12-16,13-16)14-18-8-5-6-10-20-15-7-3-4-9-19-15/h15H,2-14H2,1H3. The molecule has 0 aromatic carbocycles. The lowest BCUT2D eigenvalue weighted by molar-refractivity contribution is -0.232. The molecular formula is C17H30O3. The molecule has 20 heavy (non-hydrogen) atoms. The highest BCUT2D eigenvalue weighted by atomic mass is 16.7. The van der Waals surface area contributed by atoms with Crippen molar-refractivity contribution in [2.24, 2.45) is 10.8 Å². The lowest BCUT2D eigenvalue weighted by Crippen LogP contribution is -2.63. The fourth-order valence-electron chi connectivity index (χ4n) is 4.41. The van der Waals surface area contributed by atoms with E-state index in [-0.39, 0.29) is 6.29 Å². The van der Waals surface area contributed by atoms with Gasteiger partial charge in [-0.1, -0.05) is 13.3 Å². The molecule has 3 saturated carbocycles. The molecule has 0 amide bonds. The summed E-state index contributed by atoms with van der Waals surface area (Å²) in [5.74, 6) is 0. The van der Waals surface area contributed by atoms with Crippen molar-refractivity contribution < 1.29 is 14.2 Å². The van der Waals surface area contributed by atoms with E-state index in [1.165, 1.54) is 38.5 Å². The summed E-state index contributed by atoms with van der Waals surface area (Å²) >= 11 is 0. The molecule has 0 radical (unpaired) electrons. The van der Waals surface area contributed by atoms with Gasteiger partial charge >= 0.3 is 0 Å². The highest BCUT2D eigenvalue weighted by Gasteiger charge is 2.66. The maximum Gasteiger partial charge on any atom is 0.157 e. The summed E-state index contributed by atoms with van der Waals surface area (Å²) in [7, 11) is 0. The molecular weight excluding hydrogens is 252 g/mol. The van der Waals surface area contributed by atoms with Crippen LogP contribution in [0.1, 0.15) is 64.7 Å². The Morgan fingerprint density at radius 3 is 2.55 bits per heavy atom. The number of hydrogen-bond donors (Lipinski definition) is 0. The Balaban J connectivity index is 1.14. The van der Waals surface area contributed by atoms with Gasteiger partial charge in [-0.25, -0.2) is 0 Å². The summed E-state index contributed by atoms with van der Waals surface area (Å²) in [6, 6.07) is 0. The average Bonchev–Trinajstić information content (AvgIpc) is 2.39. The smallest absolute Gasteiger partial charge is 0.157 e. The van der Waals surface area contributed by atoms with Crippen LogP contribution in [0.4, 0.5) is 0 Å². The van der Waals surface area contributed by atoms with Gasteiger partial charge in [0.15, 0.2) is 6.29 Å². The maximum absolute atomic E-state index is 5.87. The van der Waals surface area contributed by atoms with Crippen molar-refractivity contribution in [2.75, 3.05) is 26.4 Å². The van der Waals surface area contributed by atoms with E-state index in [2.05, 4.69) is 6.92 Å². The van der Waals surface area contributed by atoms with Gasteiger partial charge in [0.1, 0.15) is 0 Å². The quantitative estimate of drug-likeness (QED) is 0.600. The van der Waals surface area contributed by atoms with Crippen molar-refractivity contribution >= 4 is 0 Å². The minimum Gasteiger partial charge on any atom is -0.381 e. The van der Waals surface area contributed by atoms with Crippen LogP contribution in [0.3, 0.4) is 0 Å². The minimum absolute atomic E-state index is 0.0654. The molecule has 1 atom stereocenters. The van der Waals surface area contributed by atoms with Gasteiger partial charge in [0.2, 0.25) is 0 Å². The molecule has 1 saturated heterocycles. The van der Waals surface area contributed by atoms with E-state index in [1.54, 1.807) is 0 Å². The van der Waals surface area contributed by atoms with Gasteiger partial charge in [-0.15, -0.1) is 0 Å². The molecule has 3 aliphatic carbocycles. The zero-order chi connectivity index (χ0) is 13.9. The monoisotopic (exact) mass is 282 g/mol. The molecule has 4 fully saturated rings. The van der Waals surface area contributed by atoms with Crippen molar-refractivity contribution in [1.29, 1.82) is 0 Å². The first-order chi connectivity index (χ1) is 9.76. The fraction of sp³-hybridized carbons (Fsp3) is 1.00. The molecule has 0 aromatic rings. The molecule has 2 bridgehead atoms. The van der Waals surface area contributed by atoms with Gasteiger partial charge in [0, 0.05) is 19.8 Å². The van der Waals surface area contributed by atoms with Crippen molar-refractivity contribution in [1.82, 2.24) is 0 Å². The first-order valence-corrected chi connectivity index (χ1v) is 8.57. The zero-order valence-electron chi connectivity index (χ0n) is 13.0. The molecule has 4 aliphatic rings. The largest absolute Gasteiger partial charge is 0.381 e. The second-order valence-corrected chi connectivity index (χ2v) is 7.31. The van der Waals surface area contributed by atoms with E-state index in [0.29, 0.717) is 5.41 Å². The van der Waals surface area contributed by atoms with Crippen LogP contribution >= 0.6 is 0 Å². The van der Waals surface area contributed by atoms with Gasteiger partial charge in [0.05, 0.1) is 6.61 Å². The molecule has 0 spiro atoms. The van der Waals surface area contributed by atoms with Gasteiger partial charge in [-0.05, 0) is 62.2 Å². The normalized spacial score (nSPS) is 39.1. The second-order valence-electron chi connectivity index (χ2n) is 7.31. The minimum atomic E-state index is 0.0654. The van der Waals surface area contributed by atoms with Crippen LogP contribution in [-0.4, -0.2) is 32.7 Å². The second kappa shape index (κ2) is 6.33. The van der Waals surface area contributed by atoms with Crippen molar-refractivity contribution in [3.8, 4) is 0 Å². The third kappa shape index (κ3) is 3.20. The molecule has 3 nitrogen and oxygen atoms in total.